The Kier molecular flexibility index (Phi) is 6.16. The molecule has 1 N–H and O–H groups in total. The van der Waals surface area contributed by atoms with Gasteiger partial charge in [0.25, 0.3) is 0 Å². The first kappa shape index (κ1) is 20.2. The highest BCUT2D eigenvalue weighted by atomic mass is 32.2. The van der Waals surface area contributed by atoms with E-state index in [9.17, 15) is 9.90 Å². The smallest absolute Gasteiger partial charge is 0.189 e. The first-order valence-electron chi connectivity index (χ1n) is 9.30. The molecule has 0 saturated carbocycles. The number of phenolic OH excluding ortho intramolecular Hbond substituents is 1. The molecule has 0 aliphatic carbocycles. The van der Waals surface area contributed by atoms with Crippen molar-refractivity contribution in [1.29, 1.82) is 0 Å². The van der Waals surface area contributed by atoms with Crippen LogP contribution in [-0.2, 0) is 5.75 Å². The summed E-state index contributed by atoms with van der Waals surface area (Å²) in [7, 11) is 1.65. The van der Waals surface area contributed by atoms with Gasteiger partial charge in [-0.15, -0.1) is 11.3 Å². The lowest BCUT2D eigenvalue weighted by Crippen LogP contribution is -1.95. The minimum Gasteiger partial charge on any atom is -0.507 e. The van der Waals surface area contributed by atoms with Crippen LogP contribution in [0.4, 0.5) is 0 Å². The molecule has 0 spiro atoms. The number of rotatable bonds is 7. The fourth-order valence-corrected chi connectivity index (χ4v) is 5.06. The number of hydrogen-bond acceptors (Lipinski definition) is 6. The van der Waals surface area contributed by atoms with E-state index in [-0.39, 0.29) is 17.1 Å². The van der Waals surface area contributed by atoms with E-state index in [4.69, 9.17) is 4.74 Å². The van der Waals surface area contributed by atoms with Gasteiger partial charge >= 0.3 is 0 Å². The van der Waals surface area contributed by atoms with Crippen molar-refractivity contribution in [2.75, 3.05) is 7.11 Å². The third-order valence-electron chi connectivity index (χ3n) is 4.53. The monoisotopic (exact) mass is 433 g/mol. The van der Waals surface area contributed by atoms with Gasteiger partial charge in [0.15, 0.2) is 10.1 Å². The second kappa shape index (κ2) is 9.15. The van der Waals surface area contributed by atoms with Crippen LogP contribution < -0.4 is 4.74 Å². The summed E-state index contributed by atoms with van der Waals surface area (Å²) in [6, 6.07) is 20.4. The van der Waals surface area contributed by atoms with Crippen LogP contribution in [0.25, 0.3) is 16.3 Å². The summed E-state index contributed by atoms with van der Waals surface area (Å²) >= 11 is 3.34. The molecule has 4 aromatic rings. The number of hydrogen-bond donors (Lipinski definition) is 1. The Morgan fingerprint density at radius 2 is 1.93 bits per heavy atom. The molecule has 0 bridgehead atoms. The summed E-state index contributed by atoms with van der Waals surface area (Å²) in [5.74, 6) is 1.25. The number of ether oxygens (including phenoxy) is 1. The van der Waals surface area contributed by atoms with Crippen LogP contribution >= 0.6 is 23.1 Å². The normalized spacial score (nSPS) is 11.2. The van der Waals surface area contributed by atoms with Crippen molar-refractivity contribution in [3.05, 3.63) is 89.5 Å². The van der Waals surface area contributed by atoms with Crippen LogP contribution in [0.3, 0.4) is 0 Å². The van der Waals surface area contributed by atoms with Crippen molar-refractivity contribution < 1.29 is 14.6 Å². The molecule has 4 nitrogen and oxygen atoms in total. The standard InChI is InChI=1S/C24H19NO3S2/c1-28-22-13-11-16(10-12-21(27)18-6-2-4-8-20(18)26)14-17(22)15-29-24-25-19-7-3-5-9-23(19)30-24/h2-14,26H,15H2,1H3. The van der Waals surface area contributed by atoms with E-state index >= 15 is 0 Å². The van der Waals surface area contributed by atoms with Crippen molar-refractivity contribution in [1.82, 2.24) is 4.98 Å². The molecule has 0 radical (unpaired) electrons. The zero-order valence-electron chi connectivity index (χ0n) is 16.2. The number of nitrogens with zero attached hydrogens (tertiary/aromatic N) is 1. The van der Waals surface area contributed by atoms with Crippen LogP contribution in [-0.4, -0.2) is 23.0 Å². The Balaban J connectivity index is 1.51. The predicted molar refractivity (Wildman–Crippen MR) is 124 cm³/mol. The number of thioether (sulfide) groups is 1. The van der Waals surface area contributed by atoms with Gasteiger partial charge in [-0.25, -0.2) is 4.98 Å². The van der Waals surface area contributed by atoms with Crippen LogP contribution in [0.2, 0.25) is 0 Å². The summed E-state index contributed by atoms with van der Waals surface area (Å²) in [5.41, 5.74) is 3.21. The number of phenols is 1. The maximum atomic E-state index is 12.4. The number of thiazole rings is 1. The number of methoxy groups -OCH3 is 1. The van der Waals surface area contributed by atoms with Crippen molar-refractivity contribution >= 4 is 45.2 Å². The van der Waals surface area contributed by atoms with Gasteiger partial charge in [0.1, 0.15) is 11.5 Å². The summed E-state index contributed by atoms with van der Waals surface area (Å²) in [4.78, 5) is 17.0. The topological polar surface area (TPSA) is 59.4 Å². The minimum absolute atomic E-state index is 0.0187. The van der Waals surface area contributed by atoms with E-state index < -0.39 is 0 Å². The fourth-order valence-electron chi connectivity index (χ4n) is 3.01. The molecular formula is C24H19NO3S2. The lowest BCUT2D eigenvalue weighted by atomic mass is 10.1. The Labute approximate surface area is 182 Å². The molecule has 0 saturated heterocycles. The molecule has 0 aliphatic rings. The maximum Gasteiger partial charge on any atom is 0.189 e. The summed E-state index contributed by atoms with van der Waals surface area (Å²) in [5, 5.41) is 9.84. The number of aromatic hydroxyl groups is 1. The van der Waals surface area contributed by atoms with E-state index in [0.717, 1.165) is 26.7 Å². The van der Waals surface area contributed by atoms with Crippen LogP contribution in [0.5, 0.6) is 11.5 Å². The van der Waals surface area contributed by atoms with Crippen LogP contribution in [0, 0.1) is 0 Å². The summed E-state index contributed by atoms with van der Waals surface area (Å²) < 4.78 is 7.68. The molecule has 1 aromatic heterocycles. The van der Waals surface area contributed by atoms with Gasteiger partial charge in [-0.3, -0.25) is 4.79 Å². The van der Waals surface area contributed by atoms with Gasteiger partial charge in [0.05, 0.1) is 22.9 Å². The number of aromatic nitrogens is 1. The molecule has 6 heteroatoms. The average molecular weight is 434 g/mol. The number of para-hydroxylation sites is 2. The van der Waals surface area contributed by atoms with E-state index in [1.807, 2.05) is 36.4 Å². The quantitative estimate of drug-likeness (QED) is 0.214. The molecule has 0 fully saturated rings. The van der Waals surface area contributed by atoms with Crippen molar-refractivity contribution in [3.8, 4) is 11.5 Å². The molecule has 0 amide bonds. The Morgan fingerprint density at radius 1 is 1.13 bits per heavy atom. The summed E-state index contributed by atoms with van der Waals surface area (Å²) in [6.45, 7) is 0. The van der Waals surface area contributed by atoms with Gasteiger partial charge in [0.2, 0.25) is 0 Å². The summed E-state index contributed by atoms with van der Waals surface area (Å²) in [6.07, 6.45) is 3.22. The number of ketones is 1. The fraction of sp³-hybridized carbons (Fsp3) is 0.0833. The molecular weight excluding hydrogens is 414 g/mol. The number of allylic oxidation sites excluding steroid dienone is 1. The SMILES string of the molecule is COc1ccc(C=CC(=O)c2ccccc2O)cc1CSc1nc2ccccc2s1. The van der Waals surface area contributed by atoms with Crippen molar-refractivity contribution in [2.24, 2.45) is 0 Å². The Morgan fingerprint density at radius 3 is 2.73 bits per heavy atom. The lowest BCUT2D eigenvalue weighted by Gasteiger charge is -2.08. The second-order valence-electron chi connectivity index (χ2n) is 6.52. The van der Waals surface area contributed by atoms with Gasteiger partial charge < -0.3 is 9.84 Å². The molecule has 3 aromatic carbocycles. The van der Waals surface area contributed by atoms with Gasteiger partial charge in [-0.2, -0.15) is 0 Å². The van der Waals surface area contributed by atoms with Gasteiger partial charge in [-0.1, -0.05) is 48.2 Å². The largest absolute Gasteiger partial charge is 0.507 e. The molecule has 30 heavy (non-hydrogen) atoms. The molecule has 150 valence electrons. The first-order chi connectivity index (χ1) is 14.6. The number of benzene rings is 3. The number of fused-ring (bicyclic) bond motifs is 1. The van der Waals surface area contributed by atoms with Crippen LogP contribution in [0.1, 0.15) is 21.5 Å². The Bertz CT molecular complexity index is 1200. The highest BCUT2D eigenvalue weighted by Gasteiger charge is 2.09. The predicted octanol–water partition coefficient (Wildman–Crippen LogP) is 6.20. The molecule has 0 aliphatic heterocycles. The highest BCUT2D eigenvalue weighted by Crippen LogP contribution is 2.34. The van der Waals surface area contributed by atoms with Gasteiger partial charge in [0, 0.05) is 11.3 Å². The third-order valence-corrected chi connectivity index (χ3v) is 6.75. The maximum absolute atomic E-state index is 12.4. The van der Waals surface area contributed by atoms with Crippen molar-refractivity contribution in [3.63, 3.8) is 0 Å². The van der Waals surface area contributed by atoms with E-state index in [2.05, 4.69) is 11.1 Å². The highest BCUT2D eigenvalue weighted by molar-refractivity contribution is 8.00. The Hall–Kier alpha value is -3.09. The zero-order chi connectivity index (χ0) is 20.9. The van der Waals surface area contributed by atoms with E-state index in [1.165, 1.54) is 16.8 Å². The minimum atomic E-state index is -0.241. The number of carbonyl (C=O) groups excluding carboxylic acids is 1. The van der Waals surface area contributed by atoms with E-state index in [0.29, 0.717) is 5.75 Å². The second-order valence-corrected chi connectivity index (χ2v) is 8.78. The molecule has 0 unspecified atom stereocenters. The first-order valence-corrected chi connectivity index (χ1v) is 11.1. The molecule has 4 rings (SSSR count). The average Bonchev–Trinajstić information content (AvgIpc) is 3.19. The third kappa shape index (κ3) is 4.56. The van der Waals surface area contributed by atoms with Crippen LogP contribution in [0.15, 0.2) is 77.1 Å². The van der Waals surface area contributed by atoms with E-state index in [1.54, 1.807) is 54.5 Å². The molecule has 1 heterocycles. The lowest BCUT2D eigenvalue weighted by molar-refractivity contribution is 0.104. The van der Waals surface area contributed by atoms with Crippen molar-refractivity contribution in [2.45, 2.75) is 10.1 Å². The number of carbonyl (C=O) groups is 1. The zero-order valence-corrected chi connectivity index (χ0v) is 17.9. The van der Waals surface area contributed by atoms with Gasteiger partial charge in [-0.05, 0) is 48.0 Å². The molecule has 0 atom stereocenters.